The van der Waals surface area contributed by atoms with Crippen molar-refractivity contribution in [2.45, 2.75) is 32.1 Å². The van der Waals surface area contributed by atoms with Gasteiger partial charge in [0.25, 0.3) is 0 Å². The van der Waals surface area contributed by atoms with Gasteiger partial charge >= 0.3 is 6.18 Å². The highest BCUT2D eigenvalue weighted by molar-refractivity contribution is 5.27. The molecule has 3 nitrogen and oxygen atoms in total. The van der Waals surface area contributed by atoms with Crippen LogP contribution in [0.1, 0.15) is 29.9 Å². The van der Waals surface area contributed by atoms with Crippen molar-refractivity contribution < 1.29 is 13.2 Å². The van der Waals surface area contributed by atoms with Crippen molar-refractivity contribution in [1.82, 2.24) is 14.9 Å². The third kappa shape index (κ3) is 3.64. The zero-order valence-electron chi connectivity index (χ0n) is 12.0. The van der Waals surface area contributed by atoms with Crippen LogP contribution in [0.25, 0.3) is 0 Å². The lowest BCUT2D eigenvalue weighted by molar-refractivity contribution is -0.137. The van der Waals surface area contributed by atoms with Crippen LogP contribution in [0.4, 0.5) is 13.2 Å². The zero-order valence-corrected chi connectivity index (χ0v) is 12.0. The fraction of sp³-hybridized carbons (Fsp3) is 0.400. The normalized spacial score (nSPS) is 13.4. The fourth-order valence-corrected chi connectivity index (χ4v) is 2.33. The van der Waals surface area contributed by atoms with Crippen molar-refractivity contribution >= 4 is 0 Å². The maximum atomic E-state index is 12.7. The Labute approximate surface area is 121 Å². The third-order valence-corrected chi connectivity index (χ3v) is 3.44. The van der Waals surface area contributed by atoms with E-state index in [1.807, 2.05) is 17.7 Å². The molecule has 0 aliphatic carbocycles. The van der Waals surface area contributed by atoms with Crippen LogP contribution in [-0.2, 0) is 19.1 Å². The van der Waals surface area contributed by atoms with Crippen LogP contribution in [0.3, 0.4) is 0 Å². The summed E-state index contributed by atoms with van der Waals surface area (Å²) in [5, 5.41) is 3.12. The first-order valence-corrected chi connectivity index (χ1v) is 6.80. The molecule has 1 atom stereocenters. The molecule has 114 valence electrons. The van der Waals surface area contributed by atoms with Gasteiger partial charge in [0.05, 0.1) is 11.6 Å². The van der Waals surface area contributed by atoms with E-state index in [4.69, 9.17) is 0 Å². The van der Waals surface area contributed by atoms with E-state index >= 15 is 0 Å². The van der Waals surface area contributed by atoms with Gasteiger partial charge in [0.15, 0.2) is 0 Å². The minimum absolute atomic E-state index is 0.122. The molecule has 1 unspecified atom stereocenters. The molecule has 1 N–H and O–H groups in total. The van der Waals surface area contributed by atoms with Gasteiger partial charge in [-0.25, -0.2) is 4.98 Å². The van der Waals surface area contributed by atoms with Gasteiger partial charge in [0.2, 0.25) is 0 Å². The van der Waals surface area contributed by atoms with E-state index in [0.717, 1.165) is 18.4 Å². The Morgan fingerprint density at radius 3 is 2.71 bits per heavy atom. The lowest BCUT2D eigenvalue weighted by atomic mass is 10.0. The molecule has 0 fully saturated rings. The van der Waals surface area contributed by atoms with Gasteiger partial charge in [-0.1, -0.05) is 18.2 Å². The minimum Gasteiger partial charge on any atom is -0.334 e. The summed E-state index contributed by atoms with van der Waals surface area (Å²) in [5.74, 6) is 0.831. The van der Waals surface area contributed by atoms with E-state index < -0.39 is 11.7 Å². The molecule has 0 amide bonds. The number of hydrogen-bond acceptors (Lipinski definition) is 2. The first-order chi connectivity index (χ1) is 9.95. The van der Waals surface area contributed by atoms with Gasteiger partial charge in [-0.05, 0) is 32.0 Å². The number of benzene rings is 1. The molecule has 0 saturated carbocycles. The van der Waals surface area contributed by atoms with Gasteiger partial charge in [-0.3, -0.25) is 0 Å². The Balaban J connectivity index is 2.23. The number of alkyl halides is 3. The van der Waals surface area contributed by atoms with Gasteiger partial charge in [-0.15, -0.1) is 0 Å². The molecule has 0 radical (unpaired) electrons. The molecular weight excluding hydrogens is 279 g/mol. The molecule has 0 bridgehead atoms. The third-order valence-electron chi connectivity index (χ3n) is 3.44. The van der Waals surface area contributed by atoms with Crippen LogP contribution in [-0.4, -0.2) is 16.6 Å². The lowest BCUT2D eigenvalue weighted by Crippen LogP contribution is -2.23. The van der Waals surface area contributed by atoms with E-state index in [2.05, 4.69) is 10.3 Å². The topological polar surface area (TPSA) is 29.9 Å². The molecule has 2 rings (SSSR count). The predicted molar refractivity (Wildman–Crippen MR) is 74.8 cm³/mol. The summed E-state index contributed by atoms with van der Waals surface area (Å²) in [5.41, 5.74) is 0.0171. The molecule has 0 spiro atoms. The van der Waals surface area contributed by atoms with Crippen LogP contribution < -0.4 is 5.32 Å². The maximum absolute atomic E-state index is 12.7. The van der Waals surface area contributed by atoms with Gasteiger partial charge in [0, 0.05) is 18.9 Å². The smallest absolute Gasteiger partial charge is 0.334 e. The highest BCUT2D eigenvalue weighted by Gasteiger charge is 2.30. The second-order valence-corrected chi connectivity index (χ2v) is 4.81. The molecule has 1 heterocycles. The van der Waals surface area contributed by atoms with Crippen molar-refractivity contribution in [2.75, 3.05) is 7.05 Å². The Morgan fingerprint density at radius 2 is 2.10 bits per heavy atom. The van der Waals surface area contributed by atoms with Gasteiger partial charge < -0.3 is 9.88 Å². The molecule has 6 heteroatoms. The second-order valence-electron chi connectivity index (χ2n) is 4.81. The van der Waals surface area contributed by atoms with Crippen LogP contribution in [0, 0.1) is 0 Å². The Bertz CT molecular complexity index is 590. The number of rotatable bonds is 5. The number of nitrogens with zero attached hydrogens (tertiary/aromatic N) is 2. The monoisotopic (exact) mass is 297 g/mol. The van der Waals surface area contributed by atoms with Crippen LogP contribution >= 0.6 is 0 Å². The zero-order chi connectivity index (χ0) is 15.5. The summed E-state index contributed by atoms with van der Waals surface area (Å²) >= 11 is 0. The Hall–Kier alpha value is -1.82. The van der Waals surface area contributed by atoms with Crippen molar-refractivity contribution in [3.8, 4) is 0 Å². The van der Waals surface area contributed by atoms with E-state index in [-0.39, 0.29) is 6.04 Å². The van der Waals surface area contributed by atoms with E-state index in [9.17, 15) is 13.2 Å². The van der Waals surface area contributed by atoms with E-state index in [1.165, 1.54) is 12.1 Å². The number of hydrogen-bond donors (Lipinski definition) is 1. The average molecular weight is 297 g/mol. The summed E-state index contributed by atoms with van der Waals surface area (Å²) in [6, 6.07) is 5.31. The molecular formula is C15H18F3N3. The number of aryl methyl sites for hydroxylation is 1. The van der Waals surface area contributed by atoms with Gasteiger partial charge in [0.1, 0.15) is 5.82 Å². The number of nitrogens with one attached hydrogen (secondary N) is 1. The van der Waals surface area contributed by atoms with Crippen molar-refractivity contribution in [3.63, 3.8) is 0 Å². The molecule has 0 aliphatic heterocycles. The largest absolute Gasteiger partial charge is 0.416 e. The number of aromatic nitrogens is 2. The average Bonchev–Trinajstić information content (AvgIpc) is 2.92. The summed E-state index contributed by atoms with van der Waals surface area (Å²) in [6.45, 7) is 2.78. The summed E-state index contributed by atoms with van der Waals surface area (Å²) < 4.78 is 40.2. The second kappa shape index (κ2) is 6.30. The Kier molecular flexibility index (Phi) is 4.67. The lowest BCUT2D eigenvalue weighted by Gasteiger charge is -2.18. The first kappa shape index (κ1) is 15.6. The molecule has 0 saturated heterocycles. The number of likely N-dealkylation sites (N-methyl/N-ethyl adjacent to an activating group) is 1. The first-order valence-electron chi connectivity index (χ1n) is 6.80. The molecule has 1 aromatic carbocycles. The van der Waals surface area contributed by atoms with E-state index in [1.54, 1.807) is 19.3 Å². The molecule has 2 aromatic rings. The van der Waals surface area contributed by atoms with Crippen LogP contribution in [0.15, 0.2) is 36.7 Å². The van der Waals surface area contributed by atoms with E-state index in [0.29, 0.717) is 12.0 Å². The summed E-state index contributed by atoms with van der Waals surface area (Å²) in [4.78, 5) is 4.30. The van der Waals surface area contributed by atoms with Crippen LogP contribution in [0.5, 0.6) is 0 Å². The summed E-state index contributed by atoms with van der Waals surface area (Å²) in [7, 11) is 1.78. The van der Waals surface area contributed by atoms with Crippen molar-refractivity contribution in [1.29, 1.82) is 0 Å². The predicted octanol–water partition coefficient (Wildman–Crippen LogP) is 3.43. The summed E-state index contributed by atoms with van der Waals surface area (Å²) in [6.07, 6.45) is -0.286. The SMILES string of the molecule is CCn1ccnc1C(Cc1cccc(C(F)(F)F)c1)NC. The molecule has 21 heavy (non-hydrogen) atoms. The quantitative estimate of drug-likeness (QED) is 0.916. The number of halogens is 3. The number of imidazole rings is 1. The Morgan fingerprint density at radius 1 is 1.33 bits per heavy atom. The molecule has 0 aliphatic rings. The van der Waals surface area contributed by atoms with Gasteiger partial charge in [-0.2, -0.15) is 13.2 Å². The van der Waals surface area contributed by atoms with Crippen molar-refractivity contribution in [3.05, 3.63) is 53.6 Å². The highest BCUT2D eigenvalue weighted by Crippen LogP contribution is 2.30. The van der Waals surface area contributed by atoms with Crippen LogP contribution in [0.2, 0.25) is 0 Å². The molecule has 1 aromatic heterocycles. The minimum atomic E-state index is -4.31. The fourth-order valence-electron chi connectivity index (χ4n) is 2.33. The standard InChI is InChI=1S/C15H18F3N3/c1-3-21-8-7-20-14(21)13(19-2)10-11-5-4-6-12(9-11)15(16,17)18/h4-9,13,19H,3,10H2,1-2H3. The van der Waals surface area contributed by atoms with Crippen molar-refractivity contribution in [2.24, 2.45) is 0 Å². The maximum Gasteiger partial charge on any atom is 0.416 e. The highest BCUT2D eigenvalue weighted by atomic mass is 19.4.